The minimum Gasteiger partial charge on any atom is -0.442 e. The minimum absolute atomic E-state index is 0.280. The van der Waals surface area contributed by atoms with Crippen molar-refractivity contribution in [3.63, 3.8) is 0 Å². The molecule has 1 N–H and O–H groups in total. The fourth-order valence-electron chi connectivity index (χ4n) is 4.63. The molecule has 0 aromatic carbocycles. The molecule has 162 valence electrons. The van der Waals surface area contributed by atoms with Gasteiger partial charge in [-0.25, -0.2) is 0 Å². The van der Waals surface area contributed by atoms with Crippen LogP contribution in [0.1, 0.15) is 36.8 Å². The van der Waals surface area contributed by atoms with Gasteiger partial charge in [0, 0.05) is 37.0 Å². The Balaban J connectivity index is 1.39. The predicted molar refractivity (Wildman–Crippen MR) is 115 cm³/mol. The van der Waals surface area contributed by atoms with Gasteiger partial charge in [0.2, 0.25) is 17.4 Å². The second kappa shape index (κ2) is 5.84. The van der Waals surface area contributed by atoms with Gasteiger partial charge >= 0.3 is 0 Å². The summed E-state index contributed by atoms with van der Waals surface area (Å²) < 4.78 is 22.6. The van der Waals surface area contributed by atoms with Crippen molar-refractivity contribution < 1.29 is 18.5 Å². The average molecular weight is 432 g/mol. The van der Waals surface area contributed by atoms with Crippen LogP contribution in [0.3, 0.4) is 0 Å². The first-order chi connectivity index (χ1) is 15.5. The molecule has 0 saturated heterocycles. The van der Waals surface area contributed by atoms with Gasteiger partial charge in [0.1, 0.15) is 11.4 Å². The zero-order chi connectivity index (χ0) is 21.7. The molecule has 1 fully saturated rings. The van der Waals surface area contributed by atoms with Gasteiger partial charge in [0.05, 0.1) is 0 Å². The largest absolute Gasteiger partial charge is 0.442 e. The molecule has 0 atom stereocenters. The number of aryl methyl sites for hydroxylation is 3. The summed E-state index contributed by atoms with van der Waals surface area (Å²) in [5.41, 5.74) is 7.11. The predicted octanol–water partition coefficient (Wildman–Crippen LogP) is 4.83. The first kappa shape index (κ1) is 17.7. The molecule has 10 heteroatoms. The van der Waals surface area contributed by atoms with Gasteiger partial charge in [0.25, 0.3) is 0 Å². The maximum absolute atomic E-state index is 10.4. The van der Waals surface area contributed by atoms with Crippen molar-refractivity contribution in [3.8, 4) is 23.2 Å². The van der Waals surface area contributed by atoms with E-state index in [-0.39, 0.29) is 5.89 Å². The molecule has 7 rings (SSSR count). The van der Waals surface area contributed by atoms with Gasteiger partial charge in [0.15, 0.2) is 34.4 Å². The molecule has 10 nitrogen and oxygen atoms in total. The van der Waals surface area contributed by atoms with E-state index in [0.29, 0.717) is 40.0 Å². The van der Waals surface area contributed by atoms with Crippen LogP contribution in [-0.4, -0.2) is 34.0 Å². The summed E-state index contributed by atoms with van der Waals surface area (Å²) in [7, 11) is 1.91. The Morgan fingerprint density at radius 3 is 2.59 bits per heavy atom. The summed E-state index contributed by atoms with van der Waals surface area (Å²) in [5, 5.41) is 10.4. The molecule has 6 aromatic rings. The lowest BCUT2D eigenvalue weighted by Crippen LogP contribution is -1.97. The zero-order valence-electron chi connectivity index (χ0n) is 17.8. The molecule has 1 aliphatic carbocycles. The summed E-state index contributed by atoms with van der Waals surface area (Å²) >= 11 is 0. The molecule has 0 bridgehead atoms. The van der Waals surface area contributed by atoms with Crippen molar-refractivity contribution in [1.82, 2.24) is 28.8 Å². The number of rotatable bonds is 4. The monoisotopic (exact) mass is 432 g/mol. The summed E-state index contributed by atoms with van der Waals surface area (Å²) in [6.45, 7) is 4.91. The van der Waals surface area contributed by atoms with Crippen molar-refractivity contribution in [2.24, 2.45) is 7.05 Å². The molecule has 6 heterocycles. The third-order valence-electron chi connectivity index (χ3n) is 6.45. The first-order valence-corrected chi connectivity index (χ1v) is 10.7. The van der Waals surface area contributed by atoms with Crippen molar-refractivity contribution in [2.45, 2.75) is 39.2 Å². The molecule has 0 unspecified atom stereocenters. The van der Waals surface area contributed by atoms with Crippen LogP contribution in [0.25, 0.3) is 56.9 Å². The van der Waals surface area contributed by atoms with Gasteiger partial charge in [-0.15, -0.1) is 0 Å². The number of hydrogen-bond donors (Lipinski definition) is 1. The number of aromatic nitrogens is 6. The maximum Gasteiger partial charge on any atom is 0.249 e. The number of hydrogen-bond acceptors (Lipinski definition) is 7. The van der Waals surface area contributed by atoms with Crippen LogP contribution in [0.5, 0.6) is 0 Å². The SMILES string of the molecule is CCn1cc(C2CC2)c2oc(-c3c(C)c4oc(-c5cc6ocnc6n5O)nc4n3C)nc21. The fraction of sp³-hybridized carbons (Fsp3) is 0.318. The van der Waals surface area contributed by atoms with E-state index >= 15 is 0 Å². The van der Waals surface area contributed by atoms with Gasteiger partial charge < -0.3 is 27.6 Å². The number of oxazole rings is 3. The Labute approximate surface area is 180 Å². The zero-order valence-corrected chi connectivity index (χ0v) is 17.8. The molecule has 1 saturated carbocycles. The van der Waals surface area contributed by atoms with Crippen LogP contribution < -0.4 is 0 Å². The lowest BCUT2D eigenvalue weighted by molar-refractivity contribution is 0.201. The van der Waals surface area contributed by atoms with Gasteiger partial charge in [-0.1, -0.05) is 0 Å². The van der Waals surface area contributed by atoms with Gasteiger partial charge in [-0.2, -0.15) is 19.7 Å². The summed E-state index contributed by atoms with van der Waals surface area (Å²) in [6, 6.07) is 1.65. The van der Waals surface area contributed by atoms with E-state index in [9.17, 15) is 5.21 Å². The second-order valence-electron chi connectivity index (χ2n) is 8.40. The molecule has 0 spiro atoms. The van der Waals surface area contributed by atoms with E-state index in [1.165, 1.54) is 24.8 Å². The van der Waals surface area contributed by atoms with E-state index in [1.54, 1.807) is 6.07 Å². The summed E-state index contributed by atoms with van der Waals surface area (Å²) in [6.07, 6.45) is 5.86. The smallest absolute Gasteiger partial charge is 0.249 e. The first-order valence-electron chi connectivity index (χ1n) is 10.7. The highest BCUT2D eigenvalue weighted by Crippen LogP contribution is 2.45. The van der Waals surface area contributed by atoms with E-state index in [0.717, 1.165) is 33.8 Å². The Hall–Kier alpha value is -3.95. The highest BCUT2D eigenvalue weighted by atomic mass is 16.5. The Bertz CT molecular complexity index is 1630. The topological polar surface area (TPSA) is 113 Å². The molecule has 1 aliphatic rings. The molecule has 0 aliphatic heterocycles. The minimum atomic E-state index is 0.280. The maximum atomic E-state index is 10.4. The fourth-order valence-corrected chi connectivity index (χ4v) is 4.63. The number of nitrogens with zero attached hydrogens (tertiary/aromatic N) is 6. The van der Waals surface area contributed by atoms with E-state index in [2.05, 4.69) is 27.7 Å². The second-order valence-corrected chi connectivity index (χ2v) is 8.40. The van der Waals surface area contributed by atoms with Crippen molar-refractivity contribution in [3.05, 3.63) is 29.8 Å². The molecular formula is C22H20N6O4. The lowest BCUT2D eigenvalue weighted by atomic mass is 10.2. The quantitative estimate of drug-likeness (QED) is 0.397. The Morgan fingerprint density at radius 2 is 1.88 bits per heavy atom. The van der Waals surface area contributed by atoms with Crippen LogP contribution in [-0.2, 0) is 13.6 Å². The van der Waals surface area contributed by atoms with Crippen LogP contribution in [0.2, 0.25) is 0 Å². The third-order valence-corrected chi connectivity index (χ3v) is 6.45. The highest BCUT2D eigenvalue weighted by molar-refractivity contribution is 5.87. The van der Waals surface area contributed by atoms with Crippen molar-refractivity contribution in [2.75, 3.05) is 0 Å². The van der Waals surface area contributed by atoms with Crippen LogP contribution in [0.15, 0.2) is 31.9 Å². The summed E-state index contributed by atoms with van der Waals surface area (Å²) in [4.78, 5) is 13.5. The Morgan fingerprint density at radius 1 is 1.09 bits per heavy atom. The molecule has 32 heavy (non-hydrogen) atoms. The van der Waals surface area contributed by atoms with E-state index < -0.39 is 0 Å². The molecule has 0 amide bonds. The standard InChI is InChI=1S/C22H20N6O4/c1-4-27-8-12(11-5-6-11)17-20(27)25-22(32-17)15-10(2)16-19(26(15)3)24-21(31-16)13-7-14-18(28(13)29)23-9-30-14/h7-9,11,29H,4-6H2,1-3H3. The third kappa shape index (κ3) is 2.16. The average Bonchev–Trinajstić information content (AvgIpc) is 3.22. The summed E-state index contributed by atoms with van der Waals surface area (Å²) in [5.74, 6) is 1.41. The van der Waals surface area contributed by atoms with Crippen LogP contribution in [0, 0.1) is 6.92 Å². The molecular weight excluding hydrogens is 412 g/mol. The lowest BCUT2D eigenvalue weighted by Gasteiger charge is -2.02. The van der Waals surface area contributed by atoms with Crippen LogP contribution in [0.4, 0.5) is 0 Å². The molecule has 6 aromatic heterocycles. The van der Waals surface area contributed by atoms with Crippen LogP contribution >= 0.6 is 0 Å². The van der Waals surface area contributed by atoms with E-state index in [1.807, 2.05) is 18.5 Å². The Kier molecular flexibility index (Phi) is 3.23. The van der Waals surface area contributed by atoms with Crippen molar-refractivity contribution >= 4 is 33.7 Å². The van der Waals surface area contributed by atoms with Crippen molar-refractivity contribution in [1.29, 1.82) is 0 Å². The van der Waals surface area contributed by atoms with Gasteiger partial charge in [-0.3, -0.25) is 0 Å². The highest BCUT2D eigenvalue weighted by Gasteiger charge is 2.31. The van der Waals surface area contributed by atoms with E-state index in [4.69, 9.17) is 18.2 Å². The van der Waals surface area contributed by atoms with Gasteiger partial charge in [-0.05, 0) is 32.6 Å². The molecule has 0 radical (unpaired) electrons. The number of fused-ring (bicyclic) bond motifs is 3. The normalized spacial score (nSPS) is 14.6.